The van der Waals surface area contributed by atoms with E-state index in [-0.39, 0.29) is 22.9 Å². The highest BCUT2D eigenvalue weighted by atomic mass is 32.2. The molecule has 2 aliphatic carbocycles. The van der Waals surface area contributed by atoms with E-state index in [9.17, 15) is 13.2 Å². The monoisotopic (exact) mass is 322 g/mol. The van der Waals surface area contributed by atoms with Gasteiger partial charge < -0.3 is 5.32 Å². The van der Waals surface area contributed by atoms with Crippen LogP contribution in [0.5, 0.6) is 0 Å². The number of hydrogen-bond acceptors (Lipinski definition) is 3. The topological polar surface area (TPSA) is 75.3 Å². The molecular weight excluding hydrogens is 300 g/mol. The molecular formula is C16H22N2O3S. The minimum atomic E-state index is -3.56. The molecule has 0 radical (unpaired) electrons. The first kappa shape index (κ1) is 15.5. The maximum absolute atomic E-state index is 12.5. The third kappa shape index (κ3) is 3.87. The summed E-state index contributed by atoms with van der Waals surface area (Å²) in [6.45, 7) is 0. The molecule has 2 N–H and O–H groups in total. The van der Waals surface area contributed by atoms with Crippen molar-refractivity contribution in [1.29, 1.82) is 0 Å². The van der Waals surface area contributed by atoms with Gasteiger partial charge in [0.25, 0.3) is 5.91 Å². The van der Waals surface area contributed by atoms with Crippen molar-refractivity contribution in [2.45, 2.75) is 61.9 Å². The van der Waals surface area contributed by atoms with E-state index in [1.807, 2.05) is 0 Å². The Hall–Kier alpha value is -1.40. The van der Waals surface area contributed by atoms with Crippen LogP contribution >= 0.6 is 0 Å². The van der Waals surface area contributed by atoms with Gasteiger partial charge in [-0.25, -0.2) is 13.1 Å². The standard InChI is InChI=1S/C16H22N2O3S/c19-16(17-13-9-10-13)12-5-4-8-15(11-12)22(20,21)18-14-6-2-1-3-7-14/h4-5,8,11,13-14,18H,1-3,6-7,9-10H2,(H,17,19). The molecule has 0 saturated heterocycles. The van der Waals surface area contributed by atoms with Gasteiger partial charge in [-0.05, 0) is 43.9 Å². The highest BCUT2D eigenvalue weighted by molar-refractivity contribution is 7.89. The maximum Gasteiger partial charge on any atom is 0.251 e. The van der Waals surface area contributed by atoms with Crippen molar-refractivity contribution < 1.29 is 13.2 Å². The number of amides is 1. The van der Waals surface area contributed by atoms with E-state index in [0.29, 0.717) is 5.56 Å². The Balaban J connectivity index is 1.73. The third-order valence-corrected chi connectivity index (χ3v) is 5.76. The molecule has 3 rings (SSSR count). The number of rotatable bonds is 5. The van der Waals surface area contributed by atoms with Crippen LogP contribution in [0.3, 0.4) is 0 Å². The molecule has 1 aromatic carbocycles. The number of carbonyl (C=O) groups is 1. The summed E-state index contributed by atoms with van der Waals surface area (Å²) in [5.74, 6) is -0.197. The van der Waals surface area contributed by atoms with Crippen LogP contribution < -0.4 is 10.0 Å². The van der Waals surface area contributed by atoms with E-state index in [0.717, 1.165) is 38.5 Å². The van der Waals surface area contributed by atoms with Gasteiger partial charge in [0, 0.05) is 17.6 Å². The minimum absolute atomic E-state index is 0.0164. The summed E-state index contributed by atoms with van der Waals surface area (Å²) in [5, 5.41) is 2.88. The Bertz CT molecular complexity index is 647. The van der Waals surface area contributed by atoms with Gasteiger partial charge in [-0.15, -0.1) is 0 Å². The van der Waals surface area contributed by atoms with Crippen LogP contribution in [0.25, 0.3) is 0 Å². The number of carbonyl (C=O) groups excluding carboxylic acids is 1. The van der Waals surface area contributed by atoms with E-state index in [1.165, 1.54) is 12.5 Å². The highest BCUT2D eigenvalue weighted by Crippen LogP contribution is 2.21. The summed E-state index contributed by atoms with van der Waals surface area (Å²) in [7, 11) is -3.56. The van der Waals surface area contributed by atoms with Crippen molar-refractivity contribution >= 4 is 15.9 Å². The van der Waals surface area contributed by atoms with Gasteiger partial charge in [0.2, 0.25) is 10.0 Å². The molecule has 5 nitrogen and oxygen atoms in total. The predicted octanol–water partition coefficient (Wildman–Crippen LogP) is 2.19. The average Bonchev–Trinajstić information content (AvgIpc) is 3.32. The molecule has 0 aromatic heterocycles. The van der Waals surface area contributed by atoms with Crippen LogP contribution in [-0.2, 0) is 10.0 Å². The Morgan fingerprint density at radius 1 is 1.00 bits per heavy atom. The van der Waals surface area contributed by atoms with Crippen LogP contribution in [0, 0.1) is 0 Å². The van der Waals surface area contributed by atoms with Gasteiger partial charge in [-0.3, -0.25) is 4.79 Å². The fraction of sp³-hybridized carbons (Fsp3) is 0.562. The molecule has 6 heteroatoms. The van der Waals surface area contributed by atoms with Crippen molar-refractivity contribution in [3.8, 4) is 0 Å². The quantitative estimate of drug-likeness (QED) is 0.872. The Labute approximate surface area is 131 Å². The Kier molecular flexibility index (Phi) is 4.49. The lowest BCUT2D eigenvalue weighted by molar-refractivity contribution is 0.0951. The van der Waals surface area contributed by atoms with Gasteiger partial charge in [0.05, 0.1) is 4.90 Å². The summed E-state index contributed by atoms with van der Waals surface area (Å²) >= 11 is 0. The zero-order valence-electron chi connectivity index (χ0n) is 12.5. The number of sulfonamides is 1. The molecule has 120 valence electrons. The van der Waals surface area contributed by atoms with Crippen LogP contribution in [0.15, 0.2) is 29.2 Å². The van der Waals surface area contributed by atoms with Crippen LogP contribution in [0.2, 0.25) is 0 Å². The van der Waals surface area contributed by atoms with Crippen LogP contribution in [0.4, 0.5) is 0 Å². The predicted molar refractivity (Wildman–Crippen MR) is 84.1 cm³/mol. The van der Waals surface area contributed by atoms with Gasteiger partial charge in [0.1, 0.15) is 0 Å². The molecule has 1 aromatic rings. The van der Waals surface area contributed by atoms with Crippen LogP contribution in [-0.4, -0.2) is 26.4 Å². The van der Waals surface area contributed by atoms with Crippen molar-refractivity contribution in [2.24, 2.45) is 0 Å². The lowest BCUT2D eigenvalue weighted by Crippen LogP contribution is -2.36. The molecule has 2 saturated carbocycles. The third-order valence-electron chi connectivity index (χ3n) is 4.25. The van der Waals surface area contributed by atoms with E-state index < -0.39 is 10.0 Å². The minimum Gasteiger partial charge on any atom is -0.349 e. The summed E-state index contributed by atoms with van der Waals surface area (Å²) in [5.41, 5.74) is 0.401. The van der Waals surface area contributed by atoms with E-state index in [4.69, 9.17) is 0 Å². The fourth-order valence-electron chi connectivity index (χ4n) is 2.81. The van der Waals surface area contributed by atoms with Crippen molar-refractivity contribution in [2.75, 3.05) is 0 Å². The zero-order valence-corrected chi connectivity index (χ0v) is 13.4. The molecule has 22 heavy (non-hydrogen) atoms. The average molecular weight is 322 g/mol. The fourth-order valence-corrected chi connectivity index (χ4v) is 4.16. The molecule has 2 aliphatic rings. The summed E-state index contributed by atoms with van der Waals surface area (Å²) in [6.07, 6.45) is 7.10. The van der Waals surface area contributed by atoms with Crippen molar-refractivity contribution in [1.82, 2.24) is 10.0 Å². The van der Waals surface area contributed by atoms with Gasteiger partial charge in [-0.2, -0.15) is 0 Å². The second-order valence-electron chi connectivity index (χ2n) is 6.23. The molecule has 2 fully saturated rings. The van der Waals surface area contributed by atoms with Gasteiger partial charge >= 0.3 is 0 Å². The molecule has 0 atom stereocenters. The molecule has 0 aliphatic heterocycles. The van der Waals surface area contributed by atoms with Crippen molar-refractivity contribution in [3.05, 3.63) is 29.8 Å². The van der Waals surface area contributed by atoms with E-state index >= 15 is 0 Å². The van der Waals surface area contributed by atoms with Gasteiger partial charge in [-0.1, -0.05) is 25.3 Å². The molecule has 1 amide bonds. The highest BCUT2D eigenvalue weighted by Gasteiger charge is 2.25. The van der Waals surface area contributed by atoms with E-state index in [1.54, 1.807) is 18.2 Å². The lowest BCUT2D eigenvalue weighted by atomic mass is 9.96. The van der Waals surface area contributed by atoms with Crippen molar-refractivity contribution in [3.63, 3.8) is 0 Å². The second kappa shape index (κ2) is 6.38. The van der Waals surface area contributed by atoms with E-state index in [2.05, 4.69) is 10.0 Å². The second-order valence-corrected chi connectivity index (χ2v) is 7.95. The zero-order chi connectivity index (χ0) is 15.6. The first-order valence-corrected chi connectivity index (χ1v) is 9.46. The smallest absolute Gasteiger partial charge is 0.251 e. The van der Waals surface area contributed by atoms with Crippen LogP contribution in [0.1, 0.15) is 55.3 Å². The normalized spacial score (nSPS) is 19.8. The van der Waals surface area contributed by atoms with Gasteiger partial charge in [0.15, 0.2) is 0 Å². The number of nitrogens with one attached hydrogen (secondary N) is 2. The first-order valence-electron chi connectivity index (χ1n) is 7.98. The summed E-state index contributed by atoms with van der Waals surface area (Å²) in [4.78, 5) is 12.2. The summed E-state index contributed by atoms with van der Waals surface area (Å²) in [6, 6.07) is 6.55. The number of benzene rings is 1. The Morgan fingerprint density at radius 2 is 1.73 bits per heavy atom. The molecule has 0 heterocycles. The molecule has 0 bridgehead atoms. The maximum atomic E-state index is 12.5. The lowest BCUT2D eigenvalue weighted by Gasteiger charge is -2.22. The Morgan fingerprint density at radius 3 is 2.41 bits per heavy atom. The molecule has 0 spiro atoms. The molecule has 0 unspecified atom stereocenters. The largest absolute Gasteiger partial charge is 0.349 e. The first-order chi connectivity index (χ1) is 10.5. The SMILES string of the molecule is O=C(NC1CC1)c1cccc(S(=O)(=O)NC2CCCCC2)c1. The number of hydrogen-bond donors (Lipinski definition) is 2. The summed E-state index contributed by atoms with van der Waals surface area (Å²) < 4.78 is 27.7.